The lowest BCUT2D eigenvalue weighted by Crippen LogP contribution is -2.21. The number of ether oxygens (including phenoxy) is 1. The highest BCUT2D eigenvalue weighted by molar-refractivity contribution is 7.66. The quantitative estimate of drug-likeness (QED) is 0.360. The number of hydrogen-bond acceptors (Lipinski definition) is 7. The molecule has 0 bridgehead atoms. The first-order valence-electron chi connectivity index (χ1n) is 5.49. The summed E-state index contributed by atoms with van der Waals surface area (Å²) in [5.74, 6) is -0.0905. The second-order valence-corrected chi connectivity index (χ2v) is 8.73. The smallest absolute Gasteiger partial charge is 0.382 e. The maximum Gasteiger partial charge on any atom is 0.490 e. The zero-order valence-electron chi connectivity index (χ0n) is 10.7. The Hall–Kier alpha value is 0.435. The average molecular weight is 366 g/mol. The third kappa shape index (κ3) is 7.50. The molecule has 1 rings (SSSR count). The van der Waals surface area contributed by atoms with E-state index in [0.717, 1.165) is 0 Å². The van der Waals surface area contributed by atoms with E-state index in [1.807, 2.05) is 0 Å². The first-order chi connectivity index (χ1) is 9.30. The van der Waals surface area contributed by atoms with Crippen LogP contribution in [0.4, 0.5) is 0 Å². The molecule has 0 saturated carbocycles. The van der Waals surface area contributed by atoms with Crippen molar-refractivity contribution in [3.05, 3.63) is 0 Å². The van der Waals surface area contributed by atoms with Crippen molar-refractivity contribution in [1.82, 2.24) is 0 Å². The summed E-state index contributed by atoms with van der Waals surface area (Å²) in [6.07, 6.45) is -0.144. The molecule has 4 unspecified atom stereocenters. The van der Waals surface area contributed by atoms with Gasteiger partial charge in [0.05, 0.1) is 12.7 Å². The lowest BCUT2D eigenvalue weighted by molar-refractivity contribution is 0.0271. The van der Waals surface area contributed by atoms with E-state index < -0.39 is 42.2 Å². The van der Waals surface area contributed by atoms with Crippen LogP contribution < -0.4 is 0 Å². The normalized spacial score (nSPS) is 32.5. The van der Waals surface area contributed by atoms with Gasteiger partial charge in [0.2, 0.25) is 0 Å². The molecule has 2 radical (unpaired) electrons. The van der Waals surface area contributed by atoms with E-state index in [9.17, 15) is 18.6 Å². The molecule has 15 heteroatoms. The first kappa shape index (κ1) is 19.5. The van der Waals surface area contributed by atoms with Crippen molar-refractivity contribution in [3.8, 4) is 0 Å². The van der Waals surface area contributed by atoms with Crippen LogP contribution in [0.15, 0.2) is 0 Å². The van der Waals surface area contributed by atoms with Crippen LogP contribution in [-0.2, 0) is 31.6 Å². The molecule has 0 spiro atoms. The summed E-state index contributed by atoms with van der Waals surface area (Å²) in [5.41, 5.74) is 0. The fourth-order valence-corrected chi connectivity index (χ4v) is 4.64. The Balaban J connectivity index is 2.56. The summed E-state index contributed by atoms with van der Waals surface area (Å²) in [6, 6.07) is -0.561. The van der Waals surface area contributed by atoms with Crippen molar-refractivity contribution in [2.45, 2.75) is 25.5 Å². The van der Waals surface area contributed by atoms with Crippen LogP contribution in [-0.4, -0.2) is 46.1 Å². The monoisotopic (exact) mass is 366 g/mol. The molecular weight excluding hydrogens is 352 g/mol. The predicted molar refractivity (Wildman–Crippen MR) is 68.0 cm³/mol. The van der Waals surface area contributed by atoms with Crippen LogP contribution in [0.1, 0.15) is 13.3 Å². The molecule has 0 aromatic carbocycles. The first-order valence-corrected chi connectivity index (χ1v) is 10.0. The van der Waals surface area contributed by atoms with Gasteiger partial charge in [0.25, 0.3) is 0 Å². The molecule has 1 saturated heterocycles. The Bertz CT molecular complexity index is 504. The zero-order valence-corrected chi connectivity index (χ0v) is 13.4. The Morgan fingerprint density at radius 1 is 1.14 bits per heavy atom. The van der Waals surface area contributed by atoms with Gasteiger partial charge in [-0.1, -0.05) is 6.92 Å². The Morgan fingerprint density at radius 2 is 1.71 bits per heavy atom. The molecular formula is C6H14BO11P3. The van der Waals surface area contributed by atoms with Gasteiger partial charge in [-0.3, -0.25) is 4.52 Å². The van der Waals surface area contributed by atoms with Crippen LogP contribution in [0, 0.1) is 5.92 Å². The Labute approximate surface area is 121 Å². The third-order valence-corrected chi connectivity index (χ3v) is 6.21. The fourth-order valence-electron chi connectivity index (χ4n) is 1.61. The molecule has 0 amide bonds. The highest BCUT2D eigenvalue weighted by Crippen LogP contribution is 2.66. The SMILES string of the molecule is [B]C1C[C@@H](C)C(COP(=O)(O)OP(=O)(O)OP(=O)(O)O)O1. The second-order valence-electron chi connectivity index (χ2n) is 4.31. The minimum absolute atomic E-state index is 0.0905. The van der Waals surface area contributed by atoms with Crippen molar-refractivity contribution >= 4 is 31.3 Å². The van der Waals surface area contributed by atoms with Crippen molar-refractivity contribution in [3.63, 3.8) is 0 Å². The van der Waals surface area contributed by atoms with Gasteiger partial charge in [0.1, 0.15) is 7.85 Å². The molecule has 1 fully saturated rings. The van der Waals surface area contributed by atoms with Crippen molar-refractivity contribution in [1.29, 1.82) is 0 Å². The van der Waals surface area contributed by atoms with E-state index in [4.69, 9.17) is 27.3 Å². The highest BCUT2D eigenvalue weighted by Gasteiger charge is 2.41. The van der Waals surface area contributed by atoms with Gasteiger partial charge >= 0.3 is 23.5 Å². The second kappa shape index (κ2) is 6.90. The lowest BCUT2D eigenvalue weighted by atomic mass is 9.92. The molecule has 0 aromatic heterocycles. The maximum absolute atomic E-state index is 11.4. The maximum atomic E-state index is 11.4. The van der Waals surface area contributed by atoms with Gasteiger partial charge in [-0.15, -0.1) is 0 Å². The van der Waals surface area contributed by atoms with Gasteiger partial charge < -0.3 is 24.3 Å². The molecule has 21 heavy (non-hydrogen) atoms. The zero-order chi connectivity index (χ0) is 16.5. The van der Waals surface area contributed by atoms with Crippen LogP contribution in [0.25, 0.3) is 0 Å². The van der Waals surface area contributed by atoms with E-state index in [0.29, 0.717) is 6.42 Å². The number of hydrogen-bond donors (Lipinski definition) is 4. The summed E-state index contributed by atoms with van der Waals surface area (Å²) < 4.78 is 49.6. The summed E-state index contributed by atoms with van der Waals surface area (Å²) in [4.78, 5) is 34.8. The van der Waals surface area contributed by atoms with Crippen molar-refractivity contribution < 1.29 is 51.2 Å². The number of phosphoric ester groups is 1. The molecule has 1 aliphatic rings. The molecule has 4 N–H and O–H groups in total. The van der Waals surface area contributed by atoms with E-state index in [2.05, 4.69) is 13.1 Å². The van der Waals surface area contributed by atoms with Gasteiger partial charge in [0, 0.05) is 6.00 Å². The summed E-state index contributed by atoms with van der Waals surface area (Å²) in [6.45, 7) is 1.27. The van der Waals surface area contributed by atoms with Gasteiger partial charge in [0.15, 0.2) is 0 Å². The van der Waals surface area contributed by atoms with Crippen molar-refractivity contribution in [2.75, 3.05) is 6.61 Å². The molecule has 5 atom stereocenters. The molecule has 0 aliphatic carbocycles. The third-order valence-electron chi connectivity index (χ3n) is 2.41. The lowest BCUT2D eigenvalue weighted by Gasteiger charge is -2.19. The Kier molecular flexibility index (Phi) is 6.41. The molecule has 1 aliphatic heterocycles. The van der Waals surface area contributed by atoms with Crippen LogP contribution >= 0.6 is 23.5 Å². The van der Waals surface area contributed by atoms with E-state index >= 15 is 0 Å². The van der Waals surface area contributed by atoms with E-state index in [1.54, 1.807) is 6.92 Å². The Morgan fingerprint density at radius 3 is 2.14 bits per heavy atom. The number of phosphoric acid groups is 3. The molecule has 122 valence electrons. The van der Waals surface area contributed by atoms with Crippen molar-refractivity contribution in [2.24, 2.45) is 5.92 Å². The number of rotatable bonds is 7. The highest BCUT2D eigenvalue weighted by atomic mass is 31.3. The molecule has 11 nitrogen and oxygen atoms in total. The van der Waals surface area contributed by atoms with E-state index in [1.165, 1.54) is 0 Å². The fraction of sp³-hybridized carbons (Fsp3) is 1.00. The van der Waals surface area contributed by atoms with Crippen LogP contribution in [0.3, 0.4) is 0 Å². The van der Waals surface area contributed by atoms with E-state index in [-0.39, 0.29) is 5.92 Å². The van der Waals surface area contributed by atoms with Crippen LogP contribution in [0.5, 0.6) is 0 Å². The molecule has 0 aromatic rings. The predicted octanol–water partition coefficient (Wildman–Crippen LogP) is 0.249. The summed E-state index contributed by atoms with van der Waals surface area (Å²) in [7, 11) is -10.5. The minimum atomic E-state index is -5.49. The standard InChI is InChI=1S/C6H14BO11P3/c1-4-2-6(7)16-5(4)3-15-20(11,12)18-21(13,14)17-19(8,9)10/h4-6H,2-3H2,1H3,(H,11,12)(H,13,14)(H2,8,9,10)/t4-,5?,6?/m1/s1. The molecule has 1 heterocycles. The van der Waals surface area contributed by atoms with Gasteiger partial charge in [-0.25, -0.2) is 13.7 Å². The van der Waals surface area contributed by atoms with Gasteiger partial charge in [-0.2, -0.15) is 8.62 Å². The topological polar surface area (TPSA) is 169 Å². The van der Waals surface area contributed by atoms with Gasteiger partial charge in [-0.05, 0) is 12.3 Å². The summed E-state index contributed by atoms with van der Waals surface area (Å²) >= 11 is 0. The minimum Gasteiger partial charge on any atom is -0.382 e. The average Bonchev–Trinajstić information content (AvgIpc) is 2.48. The largest absolute Gasteiger partial charge is 0.490 e. The summed E-state index contributed by atoms with van der Waals surface area (Å²) in [5, 5.41) is 0. The van der Waals surface area contributed by atoms with Crippen LogP contribution in [0.2, 0.25) is 0 Å².